The van der Waals surface area contributed by atoms with Crippen molar-refractivity contribution in [2.45, 2.75) is 0 Å². The molecule has 0 spiro atoms. The molecule has 22 heavy (non-hydrogen) atoms. The summed E-state index contributed by atoms with van der Waals surface area (Å²) in [5.74, 6) is -1.79. The highest BCUT2D eigenvalue weighted by atomic mass is 16.6. The fraction of sp³-hybridized carbons (Fsp3) is 0.0667. The summed E-state index contributed by atoms with van der Waals surface area (Å²) in [6.07, 6.45) is 0. The fourth-order valence-electron chi connectivity index (χ4n) is 2.00. The third kappa shape index (κ3) is 2.93. The van der Waals surface area contributed by atoms with E-state index < -0.39 is 16.9 Å². The lowest BCUT2D eigenvalue weighted by Crippen LogP contribution is -2.03. The number of rotatable bonds is 4. The Labute approximate surface area is 124 Å². The van der Waals surface area contributed by atoms with Crippen molar-refractivity contribution in [1.82, 2.24) is 0 Å². The van der Waals surface area contributed by atoms with Gasteiger partial charge < -0.3 is 9.84 Å². The Morgan fingerprint density at radius 2 is 1.91 bits per heavy atom. The second-order valence-electron chi connectivity index (χ2n) is 4.36. The number of hydrogen-bond donors (Lipinski definition) is 1. The first-order valence-electron chi connectivity index (χ1n) is 6.14. The van der Waals surface area contributed by atoms with Crippen LogP contribution >= 0.6 is 0 Å². The van der Waals surface area contributed by atoms with E-state index in [4.69, 9.17) is 0 Å². The molecule has 0 unspecified atom stereocenters. The van der Waals surface area contributed by atoms with Gasteiger partial charge in [-0.25, -0.2) is 9.59 Å². The van der Waals surface area contributed by atoms with E-state index in [-0.39, 0.29) is 22.4 Å². The highest BCUT2D eigenvalue weighted by Gasteiger charge is 2.17. The first-order chi connectivity index (χ1) is 10.4. The number of carbonyl (C=O) groups excluding carboxylic acids is 1. The summed E-state index contributed by atoms with van der Waals surface area (Å²) in [4.78, 5) is 33.1. The second-order valence-corrected chi connectivity index (χ2v) is 4.36. The van der Waals surface area contributed by atoms with Crippen molar-refractivity contribution in [3.8, 4) is 11.1 Å². The standard InChI is InChI=1S/C15H11NO6/c1-22-15(19)10-4-2-3-9(7-10)13-8-11(16(20)21)5-6-12(13)14(17)18/h2-8H,1H3,(H,17,18). The first kappa shape index (κ1) is 15.2. The molecule has 2 aromatic carbocycles. The number of hydrogen-bond acceptors (Lipinski definition) is 5. The molecule has 0 aliphatic carbocycles. The molecule has 0 radical (unpaired) electrons. The topological polar surface area (TPSA) is 107 Å². The molecule has 112 valence electrons. The number of carboxylic acid groups (broad SMARTS) is 1. The quantitative estimate of drug-likeness (QED) is 0.528. The van der Waals surface area contributed by atoms with Crippen molar-refractivity contribution < 1.29 is 24.4 Å². The van der Waals surface area contributed by atoms with Crippen LogP contribution in [0.1, 0.15) is 20.7 Å². The minimum Gasteiger partial charge on any atom is -0.478 e. The Hall–Kier alpha value is -3.22. The van der Waals surface area contributed by atoms with Gasteiger partial charge in [-0.1, -0.05) is 12.1 Å². The van der Waals surface area contributed by atoms with Gasteiger partial charge in [-0.3, -0.25) is 10.1 Å². The zero-order valence-electron chi connectivity index (χ0n) is 11.5. The maximum atomic E-state index is 11.5. The molecule has 7 heteroatoms. The monoisotopic (exact) mass is 301 g/mol. The maximum absolute atomic E-state index is 11.5. The molecule has 0 atom stereocenters. The van der Waals surface area contributed by atoms with Crippen molar-refractivity contribution in [2.75, 3.05) is 7.11 Å². The molecule has 2 aromatic rings. The molecule has 0 bridgehead atoms. The van der Waals surface area contributed by atoms with Crippen LogP contribution in [-0.2, 0) is 4.74 Å². The van der Waals surface area contributed by atoms with Gasteiger partial charge in [0.2, 0.25) is 0 Å². The molecule has 0 aliphatic rings. The van der Waals surface area contributed by atoms with E-state index in [2.05, 4.69) is 4.74 Å². The van der Waals surface area contributed by atoms with Crippen LogP contribution < -0.4 is 0 Å². The average molecular weight is 301 g/mol. The van der Waals surface area contributed by atoms with Crippen LogP contribution in [0.25, 0.3) is 11.1 Å². The number of carbonyl (C=O) groups is 2. The van der Waals surface area contributed by atoms with E-state index in [1.807, 2.05) is 0 Å². The zero-order valence-corrected chi connectivity index (χ0v) is 11.5. The lowest BCUT2D eigenvalue weighted by molar-refractivity contribution is -0.384. The number of nitrogens with zero attached hydrogens (tertiary/aromatic N) is 1. The Morgan fingerprint density at radius 1 is 1.18 bits per heavy atom. The van der Waals surface area contributed by atoms with Crippen LogP contribution in [0.5, 0.6) is 0 Å². The van der Waals surface area contributed by atoms with Crippen LogP contribution in [0, 0.1) is 10.1 Å². The number of esters is 1. The summed E-state index contributed by atoms with van der Waals surface area (Å²) in [5, 5.41) is 20.1. The van der Waals surface area contributed by atoms with Crippen molar-refractivity contribution in [2.24, 2.45) is 0 Å². The number of methoxy groups -OCH3 is 1. The predicted molar refractivity (Wildman–Crippen MR) is 76.8 cm³/mol. The molecule has 0 saturated heterocycles. The van der Waals surface area contributed by atoms with Gasteiger partial charge in [0.1, 0.15) is 0 Å². The van der Waals surface area contributed by atoms with Gasteiger partial charge in [-0.05, 0) is 23.8 Å². The second kappa shape index (κ2) is 6.04. The molecular weight excluding hydrogens is 290 g/mol. The summed E-state index contributed by atoms with van der Waals surface area (Å²) in [6, 6.07) is 9.51. The molecule has 0 aliphatic heterocycles. The van der Waals surface area contributed by atoms with E-state index in [1.54, 1.807) is 12.1 Å². The number of non-ortho nitro benzene ring substituents is 1. The van der Waals surface area contributed by atoms with Gasteiger partial charge >= 0.3 is 11.9 Å². The maximum Gasteiger partial charge on any atom is 0.337 e. The number of carboxylic acids is 1. The zero-order chi connectivity index (χ0) is 16.3. The molecule has 0 aromatic heterocycles. The largest absolute Gasteiger partial charge is 0.478 e. The predicted octanol–water partition coefficient (Wildman–Crippen LogP) is 2.75. The number of nitro benzene ring substituents is 1. The molecule has 0 saturated carbocycles. The molecule has 0 amide bonds. The summed E-state index contributed by atoms with van der Waals surface area (Å²) < 4.78 is 4.60. The van der Waals surface area contributed by atoms with E-state index in [1.165, 1.54) is 31.4 Å². The Kier molecular flexibility index (Phi) is 4.17. The van der Waals surface area contributed by atoms with Crippen molar-refractivity contribution in [1.29, 1.82) is 0 Å². The van der Waals surface area contributed by atoms with E-state index in [0.29, 0.717) is 5.56 Å². The van der Waals surface area contributed by atoms with Gasteiger partial charge in [-0.15, -0.1) is 0 Å². The van der Waals surface area contributed by atoms with Gasteiger partial charge in [0, 0.05) is 17.7 Å². The molecule has 1 N–H and O–H groups in total. The third-order valence-electron chi connectivity index (χ3n) is 3.04. The minimum atomic E-state index is -1.21. The molecular formula is C15H11NO6. The van der Waals surface area contributed by atoms with Crippen LogP contribution in [0.2, 0.25) is 0 Å². The van der Waals surface area contributed by atoms with Gasteiger partial charge in [0.05, 0.1) is 23.2 Å². The Balaban J connectivity index is 2.64. The van der Waals surface area contributed by atoms with Crippen LogP contribution in [0.4, 0.5) is 5.69 Å². The number of aromatic carboxylic acids is 1. The van der Waals surface area contributed by atoms with Crippen LogP contribution in [-0.4, -0.2) is 29.1 Å². The van der Waals surface area contributed by atoms with E-state index in [9.17, 15) is 24.8 Å². The molecule has 2 rings (SSSR count). The molecule has 0 fully saturated rings. The highest BCUT2D eigenvalue weighted by Crippen LogP contribution is 2.29. The lowest BCUT2D eigenvalue weighted by atomic mass is 9.97. The number of nitro groups is 1. The molecule has 7 nitrogen and oxygen atoms in total. The summed E-state index contributed by atoms with van der Waals surface area (Å²) >= 11 is 0. The van der Waals surface area contributed by atoms with Gasteiger partial charge in [-0.2, -0.15) is 0 Å². The Bertz CT molecular complexity index is 768. The molecule has 0 heterocycles. The average Bonchev–Trinajstić information content (AvgIpc) is 2.53. The highest BCUT2D eigenvalue weighted by molar-refractivity contribution is 5.98. The summed E-state index contributed by atoms with van der Waals surface area (Å²) in [6.45, 7) is 0. The van der Waals surface area contributed by atoms with Crippen LogP contribution in [0.3, 0.4) is 0 Å². The van der Waals surface area contributed by atoms with E-state index >= 15 is 0 Å². The Morgan fingerprint density at radius 3 is 2.50 bits per heavy atom. The normalized spacial score (nSPS) is 10.0. The fourth-order valence-corrected chi connectivity index (χ4v) is 2.00. The summed E-state index contributed by atoms with van der Waals surface area (Å²) in [5.41, 5.74) is 0.440. The number of ether oxygens (including phenoxy) is 1. The lowest BCUT2D eigenvalue weighted by Gasteiger charge is -2.08. The van der Waals surface area contributed by atoms with Crippen LogP contribution in [0.15, 0.2) is 42.5 Å². The van der Waals surface area contributed by atoms with Crippen molar-refractivity contribution in [3.63, 3.8) is 0 Å². The third-order valence-corrected chi connectivity index (χ3v) is 3.04. The van der Waals surface area contributed by atoms with Crippen molar-refractivity contribution >= 4 is 17.6 Å². The van der Waals surface area contributed by atoms with Gasteiger partial charge in [0.25, 0.3) is 5.69 Å². The number of benzene rings is 2. The minimum absolute atomic E-state index is 0.0902. The van der Waals surface area contributed by atoms with E-state index in [0.717, 1.165) is 6.07 Å². The summed E-state index contributed by atoms with van der Waals surface area (Å²) in [7, 11) is 1.23. The smallest absolute Gasteiger partial charge is 0.337 e. The van der Waals surface area contributed by atoms with Crippen molar-refractivity contribution in [3.05, 3.63) is 63.7 Å². The van der Waals surface area contributed by atoms with Gasteiger partial charge in [0.15, 0.2) is 0 Å². The first-order valence-corrected chi connectivity index (χ1v) is 6.14. The SMILES string of the molecule is COC(=O)c1cccc(-c2cc([N+](=O)[O-])ccc2C(=O)O)c1.